The van der Waals surface area contributed by atoms with E-state index in [-0.39, 0.29) is 12.0 Å². The molecule has 1 aromatic carbocycles. The zero-order valence-electron chi connectivity index (χ0n) is 9.85. The standard InChI is InChI=1S/C11H10F3NO5/c12-11(13,14)10(19)20-9(18)6(15)3-5-1-2-7(16)8(17)4-5/h1-2,4,6,16-17H,3,15H2/t6-/m0/s1. The number of carbonyl (C=O) groups excluding carboxylic acids is 2. The predicted molar refractivity (Wildman–Crippen MR) is 58.6 cm³/mol. The molecule has 9 heteroatoms. The van der Waals surface area contributed by atoms with Crippen LogP contribution < -0.4 is 5.73 Å². The second-order valence-corrected chi connectivity index (χ2v) is 3.84. The molecule has 0 aliphatic rings. The van der Waals surface area contributed by atoms with E-state index in [0.29, 0.717) is 0 Å². The molecular formula is C11H10F3NO5. The second-order valence-electron chi connectivity index (χ2n) is 3.84. The summed E-state index contributed by atoms with van der Waals surface area (Å²) in [7, 11) is 0. The van der Waals surface area contributed by atoms with Gasteiger partial charge in [0.2, 0.25) is 0 Å². The van der Waals surface area contributed by atoms with Gasteiger partial charge in [0, 0.05) is 0 Å². The van der Waals surface area contributed by atoms with Crippen molar-refractivity contribution in [2.45, 2.75) is 18.6 Å². The van der Waals surface area contributed by atoms with Crippen LogP contribution in [0.2, 0.25) is 0 Å². The average Bonchev–Trinajstić information content (AvgIpc) is 2.32. The van der Waals surface area contributed by atoms with E-state index in [9.17, 15) is 27.9 Å². The molecule has 0 heterocycles. The van der Waals surface area contributed by atoms with Crippen LogP contribution in [-0.2, 0) is 20.7 Å². The van der Waals surface area contributed by atoms with E-state index in [1.165, 1.54) is 6.07 Å². The largest absolute Gasteiger partial charge is 0.504 e. The Morgan fingerprint density at radius 2 is 1.85 bits per heavy atom. The number of aromatic hydroxyl groups is 2. The number of esters is 2. The molecular weight excluding hydrogens is 283 g/mol. The second kappa shape index (κ2) is 5.78. The Morgan fingerprint density at radius 1 is 1.25 bits per heavy atom. The van der Waals surface area contributed by atoms with Gasteiger partial charge in [-0.1, -0.05) is 6.07 Å². The van der Waals surface area contributed by atoms with Gasteiger partial charge in [0.1, 0.15) is 6.04 Å². The zero-order chi connectivity index (χ0) is 15.5. The smallest absolute Gasteiger partial charge is 0.491 e. The van der Waals surface area contributed by atoms with Crippen molar-refractivity contribution in [1.82, 2.24) is 0 Å². The van der Waals surface area contributed by atoms with E-state index in [1.807, 2.05) is 0 Å². The number of halogens is 3. The minimum absolute atomic E-state index is 0.268. The number of carbonyl (C=O) groups is 2. The fourth-order valence-electron chi connectivity index (χ4n) is 1.26. The van der Waals surface area contributed by atoms with Crippen LogP contribution in [0.15, 0.2) is 18.2 Å². The fraction of sp³-hybridized carbons (Fsp3) is 0.273. The van der Waals surface area contributed by atoms with Gasteiger partial charge in [-0.25, -0.2) is 9.59 Å². The molecule has 4 N–H and O–H groups in total. The summed E-state index contributed by atoms with van der Waals surface area (Å²) in [5.74, 6) is -5.07. The molecule has 0 fully saturated rings. The van der Waals surface area contributed by atoms with Gasteiger partial charge in [-0.2, -0.15) is 13.2 Å². The van der Waals surface area contributed by atoms with E-state index < -0.39 is 35.7 Å². The lowest BCUT2D eigenvalue weighted by Gasteiger charge is -2.11. The summed E-state index contributed by atoms with van der Waals surface area (Å²) in [5, 5.41) is 18.2. The minimum atomic E-state index is -5.29. The molecule has 6 nitrogen and oxygen atoms in total. The highest BCUT2D eigenvalue weighted by atomic mass is 19.4. The van der Waals surface area contributed by atoms with Crippen LogP contribution in [-0.4, -0.2) is 34.4 Å². The van der Waals surface area contributed by atoms with Gasteiger partial charge < -0.3 is 20.7 Å². The highest BCUT2D eigenvalue weighted by Crippen LogP contribution is 2.25. The number of benzene rings is 1. The Morgan fingerprint density at radius 3 is 2.35 bits per heavy atom. The highest BCUT2D eigenvalue weighted by molar-refractivity contribution is 5.90. The number of phenols is 2. The van der Waals surface area contributed by atoms with Crippen molar-refractivity contribution in [1.29, 1.82) is 0 Å². The predicted octanol–water partition coefficient (Wildman–Crippen LogP) is 0.600. The topological polar surface area (TPSA) is 110 Å². The van der Waals surface area contributed by atoms with E-state index in [2.05, 4.69) is 4.74 Å². The lowest BCUT2D eigenvalue weighted by Crippen LogP contribution is -2.38. The minimum Gasteiger partial charge on any atom is -0.504 e. The van der Waals surface area contributed by atoms with Crippen molar-refractivity contribution in [2.24, 2.45) is 5.73 Å². The molecule has 20 heavy (non-hydrogen) atoms. The molecule has 0 aliphatic heterocycles. The Labute approximate surface area is 110 Å². The van der Waals surface area contributed by atoms with Crippen LogP contribution in [0.5, 0.6) is 11.5 Å². The van der Waals surface area contributed by atoms with Crippen molar-refractivity contribution in [3.63, 3.8) is 0 Å². The first-order valence-corrected chi connectivity index (χ1v) is 5.20. The van der Waals surface area contributed by atoms with Crippen LogP contribution in [0.1, 0.15) is 5.56 Å². The average molecular weight is 293 g/mol. The summed E-state index contributed by atoms with van der Waals surface area (Å²) in [5.41, 5.74) is 5.56. The van der Waals surface area contributed by atoms with Gasteiger partial charge in [0.15, 0.2) is 11.5 Å². The molecule has 0 aliphatic carbocycles. The van der Waals surface area contributed by atoms with Gasteiger partial charge >= 0.3 is 18.1 Å². The molecule has 1 atom stereocenters. The molecule has 0 radical (unpaired) electrons. The third kappa shape index (κ3) is 4.12. The monoisotopic (exact) mass is 293 g/mol. The normalized spacial score (nSPS) is 12.8. The maximum atomic E-state index is 11.9. The highest BCUT2D eigenvalue weighted by Gasteiger charge is 2.43. The lowest BCUT2D eigenvalue weighted by atomic mass is 10.1. The van der Waals surface area contributed by atoms with Crippen LogP contribution in [0.3, 0.4) is 0 Å². The van der Waals surface area contributed by atoms with E-state index in [0.717, 1.165) is 12.1 Å². The quantitative estimate of drug-likeness (QED) is 0.427. The Kier molecular flexibility index (Phi) is 4.56. The van der Waals surface area contributed by atoms with Crippen LogP contribution in [0.4, 0.5) is 13.2 Å². The molecule has 0 saturated carbocycles. The van der Waals surface area contributed by atoms with E-state index in [4.69, 9.17) is 10.8 Å². The Balaban J connectivity index is 2.66. The Hall–Kier alpha value is -2.29. The van der Waals surface area contributed by atoms with Gasteiger partial charge in [0.25, 0.3) is 0 Å². The first kappa shape index (κ1) is 15.8. The van der Waals surface area contributed by atoms with Gasteiger partial charge in [-0.05, 0) is 24.1 Å². The molecule has 0 aromatic heterocycles. The zero-order valence-corrected chi connectivity index (χ0v) is 9.85. The summed E-state index contributed by atoms with van der Waals surface area (Å²) in [6, 6.07) is 1.97. The SMILES string of the molecule is N[C@@H](Cc1ccc(O)c(O)c1)C(=O)OC(=O)C(F)(F)F. The van der Waals surface area contributed by atoms with E-state index >= 15 is 0 Å². The molecule has 0 saturated heterocycles. The maximum absolute atomic E-state index is 11.9. The van der Waals surface area contributed by atoms with Gasteiger partial charge in [-0.15, -0.1) is 0 Å². The van der Waals surface area contributed by atoms with Crippen LogP contribution in [0, 0.1) is 0 Å². The number of rotatable bonds is 3. The molecule has 0 spiro atoms. The first-order chi connectivity index (χ1) is 9.11. The first-order valence-electron chi connectivity index (χ1n) is 5.20. The summed E-state index contributed by atoms with van der Waals surface area (Å²) < 4.78 is 39.2. The van der Waals surface area contributed by atoms with Crippen LogP contribution >= 0.6 is 0 Å². The molecule has 1 aromatic rings. The summed E-state index contributed by atoms with van der Waals surface area (Å²) in [4.78, 5) is 21.6. The molecule has 1 rings (SSSR count). The number of nitrogens with two attached hydrogens (primary N) is 1. The molecule has 0 bridgehead atoms. The number of alkyl halides is 3. The third-order valence-electron chi connectivity index (χ3n) is 2.22. The summed E-state index contributed by atoms with van der Waals surface area (Å²) in [6.45, 7) is 0. The Bertz CT molecular complexity index is 529. The van der Waals surface area contributed by atoms with Crippen molar-refractivity contribution >= 4 is 11.9 Å². The number of hydrogen-bond donors (Lipinski definition) is 3. The van der Waals surface area contributed by atoms with Crippen LogP contribution in [0.25, 0.3) is 0 Å². The maximum Gasteiger partial charge on any atom is 0.491 e. The van der Waals surface area contributed by atoms with Crippen molar-refractivity contribution in [3.05, 3.63) is 23.8 Å². The lowest BCUT2D eigenvalue weighted by molar-refractivity contribution is -0.202. The number of hydrogen-bond acceptors (Lipinski definition) is 6. The number of phenolic OH excluding ortho intramolecular Hbond substituents is 2. The van der Waals surface area contributed by atoms with Crippen molar-refractivity contribution in [2.75, 3.05) is 0 Å². The number of ether oxygens (including phenoxy) is 1. The van der Waals surface area contributed by atoms with Crippen molar-refractivity contribution in [3.8, 4) is 11.5 Å². The van der Waals surface area contributed by atoms with Gasteiger partial charge in [-0.3, -0.25) is 0 Å². The fourth-order valence-corrected chi connectivity index (χ4v) is 1.26. The molecule has 110 valence electrons. The summed E-state index contributed by atoms with van der Waals surface area (Å²) >= 11 is 0. The van der Waals surface area contributed by atoms with Gasteiger partial charge in [0.05, 0.1) is 0 Å². The van der Waals surface area contributed by atoms with E-state index in [1.54, 1.807) is 0 Å². The molecule has 0 amide bonds. The van der Waals surface area contributed by atoms with Crippen molar-refractivity contribution < 1.29 is 37.7 Å². The third-order valence-corrected chi connectivity index (χ3v) is 2.22. The summed E-state index contributed by atoms with van der Waals surface area (Å²) in [6.07, 6.45) is -5.57. The molecule has 0 unspecified atom stereocenters.